The highest BCUT2D eigenvalue weighted by Crippen LogP contribution is 2.25. The van der Waals surface area contributed by atoms with Gasteiger partial charge < -0.3 is 14.6 Å². The molecule has 3 rings (SSSR count). The van der Waals surface area contributed by atoms with E-state index in [1.54, 1.807) is 25.6 Å². The molecule has 2 aromatic heterocycles. The Hall–Kier alpha value is -3.15. The summed E-state index contributed by atoms with van der Waals surface area (Å²) >= 11 is 0. The van der Waals surface area contributed by atoms with Crippen LogP contribution >= 0.6 is 0 Å². The number of nitrogens with one attached hydrogen (secondary N) is 1. The van der Waals surface area contributed by atoms with Crippen molar-refractivity contribution in [2.45, 2.75) is 27.2 Å². The van der Waals surface area contributed by atoms with E-state index < -0.39 is 0 Å². The smallest absolute Gasteiger partial charge is 0.245 e. The number of anilines is 1. The first kappa shape index (κ1) is 18.6. The average molecular weight is 365 g/mol. The van der Waals surface area contributed by atoms with Crippen LogP contribution in [0.5, 0.6) is 0 Å². The molecule has 0 fully saturated rings. The molecule has 2 amide bonds. The molecule has 0 atom stereocenters. The molecule has 0 bridgehead atoms. The molecule has 1 N–H and O–H groups in total. The number of nitrogens with zero attached hydrogens (tertiary/aromatic N) is 2. The molecular weight excluding hydrogens is 342 g/mol. The predicted molar refractivity (Wildman–Crippen MR) is 105 cm³/mol. The maximum Gasteiger partial charge on any atom is 0.245 e. The van der Waals surface area contributed by atoms with E-state index in [1.807, 2.05) is 39.0 Å². The predicted octanol–water partition coefficient (Wildman–Crippen LogP) is 3.39. The molecule has 1 aromatic carbocycles. The monoisotopic (exact) mass is 365 g/mol. The largest absolute Gasteiger partial charge is 0.464 e. The van der Waals surface area contributed by atoms with Crippen molar-refractivity contribution < 1.29 is 14.0 Å². The fourth-order valence-corrected chi connectivity index (χ4v) is 2.86. The lowest BCUT2D eigenvalue weighted by Gasteiger charge is -2.16. The normalized spacial score (nSPS) is 10.8. The number of fused-ring (bicyclic) bond motifs is 1. The molecule has 6 heteroatoms. The van der Waals surface area contributed by atoms with E-state index in [2.05, 4.69) is 10.3 Å². The number of furan rings is 1. The van der Waals surface area contributed by atoms with Gasteiger partial charge in [-0.3, -0.25) is 9.59 Å². The van der Waals surface area contributed by atoms with E-state index in [0.717, 1.165) is 33.2 Å². The molecule has 0 radical (unpaired) electrons. The van der Waals surface area contributed by atoms with Crippen molar-refractivity contribution in [2.75, 3.05) is 18.9 Å². The topological polar surface area (TPSA) is 75.4 Å². The van der Waals surface area contributed by atoms with Gasteiger partial charge in [-0.25, -0.2) is 4.98 Å². The van der Waals surface area contributed by atoms with Gasteiger partial charge in [0.05, 0.1) is 19.2 Å². The first-order chi connectivity index (χ1) is 12.8. The van der Waals surface area contributed by atoms with Crippen molar-refractivity contribution in [3.05, 3.63) is 59.0 Å². The van der Waals surface area contributed by atoms with Crippen molar-refractivity contribution in [3.63, 3.8) is 0 Å². The molecule has 0 spiro atoms. The molecule has 140 valence electrons. The van der Waals surface area contributed by atoms with Crippen molar-refractivity contribution in [3.8, 4) is 0 Å². The van der Waals surface area contributed by atoms with Crippen LogP contribution in [-0.2, 0) is 16.0 Å². The minimum absolute atomic E-state index is 0.0393. The van der Waals surface area contributed by atoms with Crippen LogP contribution in [0.4, 0.5) is 5.82 Å². The van der Waals surface area contributed by atoms with E-state index in [0.29, 0.717) is 5.82 Å². The Morgan fingerprint density at radius 1 is 1.15 bits per heavy atom. The van der Waals surface area contributed by atoms with Gasteiger partial charge in [0.15, 0.2) is 0 Å². The Labute approximate surface area is 158 Å². The fraction of sp³-hybridized carbons (Fsp3) is 0.286. The van der Waals surface area contributed by atoms with Crippen LogP contribution in [0.1, 0.15) is 22.3 Å². The summed E-state index contributed by atoms with van der Waals surface area (Å²) in [7, 11) is 1.61. The van der Waals surface area contributed by atoms with Crippen LogP contribution in [0.2, 0.25) is 0 Å². The molecule has 3 aromatic rings. The van der Waals surface area contributed by atoms with Crippen LogP contribution in [0.3, 0.4) is 0 Å². The van der Waals surface area contributed by atoms with Crippen molar-refractivity contribution >= 4 is 28.6 Å². The lowest BCUT2D eigenvalue weighted by molar-refractivity contribution is -0.132. The maximum atomic E-state index is 12.5. The Balaban J connectivity index is 1.64. The summed E-state index contributed by atoms with van der Waals surface area (Å²) in [6, 6.07) is 7.64. The lowest BCUT2D eigenvalue weighted by Crippen LogP contribution is -2.35. The third-order valence-corrected chi connectivity index (χ3v) is 4.60. The summed E-state index contributed by atoms with van der Waals surface area (Å²) in [4.78, 5) is 30.2. The van der Waals surface area contributed by atoms with Crippen LogP contribution in [0.25, 0.3) is 11.0 Å². The fourth-order valence-electron chi connectivity index (χ4n) is 2.86. The molecule has 6 nitrogen and oxygen atoms in total. The number of rotatable bonds is 5. The molecule has 2 heterocycles. The van der Waals surface area contributed by atoms with Gasteiger partial charge in [0.2, 0.25) is 11.8 Å². The van der Waals surface area contributed by atoms with Crippen LogP contribution in [0.15, 0.2) is 41.1 Å². The molecule has 0 aliphatic heterocycles. The summed E-state index contributed by atoms with van der Waals surface area (Å²) in [5.74, 6) is 0.0447. The van der Waals surface area contributed by atoms with Crippen molar-refractivity contribution in [1.82, 2.24) is 9.88 Å². The lowest BCUT2D eigenvalue weighted by atomic mass is 10.0. The number of pyridine rings is 1. The minimum Gasteiger partial charge on any atom is -0.464 e. The van der Waals surface area contributed by atoms with Gasteiger partial charge in [-0.2, -0.15) is 0 Å². The highest BCUT2D eigenvalue weighted by atomic mass is 16.3. The molecule has 0 saturated carbocycles. The summed E-state index contributed by atoms with van der Waals surface area (Å²) in [5.41, 5.74) is 4.89. The van der Waals surface area contributed by atoms with E-state index in [1.165, 1.54) is 4.90 Å². The Morgan fingerprint density at radius 2 is 1.89 bits per heavy atom. The first-order valence-electron chi connectivity index (χ1n) is 8.77. The van der Waals surface area contributed by atoms with Gasteiger partial charge in [-0.1, -0.05) is 0 Å². The van der Waals surface area contributed by atoms with E-state index in [-0.39, 0.29) is 24.8 Å². The van der Waals surface area contributed by atoms with Gasteiger partial charge in [0.25, 0.3) is 0 Å². The van der Waals surface area contributed by atoms with Crippen LogP contribution in [-0.4, -0.2) is 35.3 Å². The zero-order chi connectivity index (χ0) is 19.6. The number of aromatic nitrogens is 1. The highest BCUT2D eigenvalue weighted by molar-refractivity contribution is 5.95. The number of carbonyl (C=O) groups excluding carboxylic acids is 2. The molecular formula is C21H23N3O3. The standard InChI is InChI=1S/C21H23N3O3/c1-13-5-6-22-19(7-13)23-20(25)11-24(4)21(26)10-16-12-27-18-9-15(3)14(2)8-17(16)18/h5-9,12H,10-11H2,1-4H3,(H,22,23,25). The number of amides is 2. The SMILES string of the molecule is Cc1ccnc(NC(=O)CN(C)C(=O)Cc2coc3cc(C)c(C)cc23)c1. The number of likely N-dealkylation sites (N-methyl/N-ethyl adjacent to an activating group) is 1. The zero-order valence-corrected chi connectivity index (χ0v) is 16.0. The van der Waals surface area contributed by atoms with Crippen LogP contribution in [0, 0.1) is 20.8 Å². The van der Waals surface area contributed by atoms with E-state index in [9.17, 15) is 9.59 Å². The van der Waals surface area contributed by atoms with E-state index in [4.69, 9.17) is 4.42 Å². The summed E-state index contributed by atoms with van der Waals surface area (Å²) in [6.45, 7) is 5.94. The summed E-state index contributed by atoms with van der Waals surface area (Å²) in [5, 5.41) is 3.65. The van der Waals surface area contributed by atoms with Gasteiger partial charge in [0.1, 0.15) is 11.4 Å². The second kappa shape index (κ2) is 7.61. The number of hydrogen-bond donors (Lipinski definition) is 1. The second-order valence-corrected chi connectivity index (χ2v) is 6.89. The number of hydrogen-bond acceptors (Lipinski definition) is 4. The zero-order valence-electron chi connectivity index (χ0n) is 16.0. The Kier molecular flexibility index (Phi) is 5.26. The van der Waals surface area contributed by atoms with Crippen LogP contribution < -0.4 is 5.32 Å². The molecule has 0 saturated heterocycles. The third kappa shape index (κ3) is 4.34. The Morgan fingerprint density at radius 3 is 2.63 bits per heavy atom. The van der Waals surface area contributed by atoms with Crippen molar-refractivity contribution in [2.24, 2.45) is 0 Å². The highest BCUT2D eigenvalue weighted by Gasteiger charge is 2.17. The molecule has 0 unspecified atom stereocenters. The van der Waals surface area contributed by atoms with Gasteiger partial charge in [-0.05, 0) is 61.7 Å². The summed E-state index contributed by atoms with van der Waals surface area (Å²) < 4.78 is 5.58. The number of benzene rings is 1. The average Bonchev–Trinajstić information content (AvgIpc) is 2.97. The quantitative estimate of drug-likeness (QED) is 0.752. The number of aryl methyl sites for hydroxylation is 3. The molecule has 27 heavy (non-hydrogen) atoms. The third-order valence-electron chi connectivity index (χ3n) is 4.60. The maximum absolute atomic E-state index is 12.5. The molecule has 0 aliphatic rings. The number of carbonyl (C=O) groups is 2. The van der Waals surface area contributed by atoms with Crippen molar-refractivity contribution in [1.29, 1.82) is 0 Å². The second-order valence-electron chi connectivity index (χ2n) is 6.89. The van der Waals surface area contributed by atoms with Gasteiger partial charge in [0, 0.05) is 24.2 Å². The van der Waals surface area contributed by atoms with E-state index >= 15 is 0 Å². The van der Waals surface area contributed by atoms with Gasteiger partial charge >= 0.3 is 0 Å². The minimum atomic E-state index is -0.285. The first-order valence-corrected chi connectivity index (χ1v) is 8.77. The Bertz CT molecular complexity index is 1010. The summed E-state index contributed by atoms with van der Waals surface area (Å²) in [6.07, 6.45) is 3.43. The van der Waals surface area contributed by atoms with Gasteiger partial charge in [-0.15, -0.1) is 0 Å². The molecule has 0 aliphatic carbocycles.